The van der Waals surface area contributed by atoms with Gasteiger partial charge < -0.3 is 5.11 Å². The van der Waals surface area contributed by atoms with Gasteiger partial charge >= 0.3 is 5.97 Å². The molecular weight excluding hydrogens is 285 g/mol. The van der Waals surface area contributed by atoms with Crippen molar-refractivity contribution in [2.75, 3.05) is 13.6 Å². The first-order valence-corrected chi connectivity index (χ1v) is 7.59. The summed E-state index contributed by atoms with van der Waals surface area (Å²) in [5.74, 6) is -1.94. The van der Waals surface area contributed by atoms with E-state index in [1.165, 1.54) is 7.05 Å². The molecule has 0 aromatic heterocycles. The monoisotopic (exact) mass is 303 g/mol. The van der Waals surface area contributed by atoms with Crippen LogP contribution in [0.2, 0.25) is 0 Å². The Morgan fingerprint density at radius 1 is 1.40 bits per heavy atom. The van der Waals surface area contributed by atoms with Gasteiger partial charge in [0.05, 0.1) is 5.56 Å². The van der Waals surface area contributed by atoms with E-state index in [0.29, 0.717) is 12.3 Å². The third-order valence-electron chi connectivity index (χ3n) is 2.89. The predicted octanol–water partition coefficient (Wildman–Crippen LogP) is 2.19. The molecule has 0 spiro atoms. The lowest BCUT2D eigenvalue weighted by Gasteiger charge is -2.18. The third kappa shape index (κ3) is 3.77. The van der Waals surface area contributed by atoms with E-state index < -0.39 is 26.7 Å². The molecule has 0 unspecified atom stereocenters. The molecule has 1 rings (SSSR count). The Labute approximate surface area is 118 Å². The molecule has 0 radical (unpaired) electrons. The Morgan fingerprint density at radius 2 is 2.00 bits per heavy atom. The molecule has 1 N–H and O–H groups in total. The van der Waals surface area contributed by atoms with Crippen molar-refractivity contribution < 1.29 is 22.7 Å². The summed E-state index contributed by atoms with van der Waals surface area (Å²) in [6, 6.07) is 2.73. The number of carbonyl (C=O) groups is 1. The number of nitrogens with zero attached hydrogens (tertiary/aromatic N) is 1. The predicted molar refractivity (Wildman–Crippen MR) is 72.6 cm³/mol. The van der Waals surface area contributed by atoms with Gasteiger partial charge in [-0.2, -0.15) is 0 Å². The Hall–Kier alpha value is -1.47. The largest absolute Gasteiger partial charge is 0.478 e. The Morgan fingerprint density at radius 3 is 2.50 bits per heavy atom. The van der Waals surface area contributed by atoms with Crippen LogP contribution in [0.25, 0.3) is 0 Å². The van der Waals surface area contributed by atoms with E-state index in [1.54, 1.807) is 0 Å². The zero-order chi connectivity index (χ0) is 15.5. The summed E-state index contributed by atoms with van der Waals surface area (Å²) < 4.78 is 39.2. The standard InChI is InChI=1S/C13H18FNO4S/c1-9(2)6-7-15(3)20(18,19)12-8-10(13(16)17)4-5-11(12)14/h4-5,8-9H,6-7H2,1-3H3,(H,16,17). The minimum atomic E-state index is -4.03. The van der Waals surface area contributed by atoms with Gasteiger partial charge in [0.1, 0.15) is 10.7 Å². The fraction of sp³-hybridized carbons (Fsp3) is 0.462. The van der Waals surface area contributed by atoms with Gasteiger partial charge in [-0.3, -0.25) is 0 Å². The SMILES string of the molecule is CC(C)CCN(C)S(=O)(=O)c1cc(C(=O)O)ccc1F. The second-order valence-electron chi connectivity index (χ2n) is 4.96. The number of hydrogen-bond donors (Lipinski definition) is 1. The van der Waals surface area contributed by atoms with Crippen LogP contribution in [0.3, 0.4) is 0 Å². The summed E-state index contributed by atoms with van der Waals surface area (Å²) in [7, 11) is -2.67. The highest BCUT2D eigenvalue weighted by Gasteiger charge is 2.25. The van der Waals surface area contributed by atoms with Crippen LogP contribution in [-0.2, 0) is 10.0 Å². The van der Waals surface area contributed by atoms with Gasteiger partial charge in [-0.1, -0.05) is 13.8 Å². The fourth-order valence-electron chi connectivity index (χ4n) is 1.56. The lowest BCUT2D eigenvalue weighted by Crippen LogP contribution is -2.29. The van der Waals surface area contributed by atoms with Crippen LogP contribution in [-0.4, -0.2) is 37.4 Å². The lowest BCUT2D eigenvalue weighted by atomic mass is 10.1. The first-order chi connectivity index (χ1) is 9.16. The molecule has 20 heavy (non-hydrogen) atoms. The van der Waals surface area contributed by atoms with E-state index in [4.69, 9.17) is 5.11 Å². The molecule has 0 fully saturated rings. The highest BCUT2D eigenvalue weighted by molar-refractivity contribution is 7.89. The zero-order valence-corrected chi connectivity index (χ0v) is 12.4. The van der Waals surface area contributed by atoms with Gasteiger partial charge in [-0.25, -0.2) is 21.9 Å². The molecule has 0 atom stereocenters. The van der Waals surface area contributed by atoms with Crippen molar-refractivity contribution in [2.45, 2.75) is 25.2 Å². The van der Waals surface area contributed by atoms with E-state index in [9.17, 15) is 17.6 Å². The summed E-state index contributed by atoms with van der Waals surface area (Å²) >= 11 is 0. The summed E-state index contributed by atoms with van der Waals surface area (Å²) in [4.78, 5) is 10.2. The molecule has 7 heteroatoms. The second-order valence-corrected chi connectivity index (χ2v) is 6.97. The second kappa shape index (κ2) is 6.32. The number of carboxylic acid groups (broad SMARTS) is 1. The van der Waals surface area contributed by atoms with Crippen LogP contribution in [0.15, 0.2) is 23.1 Å². The van der Waals surface area contributed by atoms with Crippen molar-refractivity contribution in [1.29, 1.82) is 0 Å². The van der Waals surface area contributed by atoms with Crippen LogP contribution in [0, 0.1) is 11.7 Å². The van der Waals surface area contributed by atoms with Crippen LogP contribution in [0.5, 0.6) is 0 Å². The Kier molecular flexibility index (Phi) is 5.24. The summed E-state index contributed by atoms with van der Waals surface area (Å²) in [5, 5.41) is 8.85. The molecule has 0 saturated heterocycles. The smallest absolute Gasteiger partial charge is 0.335 e. The average molecular weight is 303 g/mol. The third-order valence-corrected chi connectivity index (χ3v) is 4.76. The van der Waals surface area contributed by atoms with Crippen molar-refractivity contribution in [3.8, 4) is 0 Å². The molecule has 0 aliphatic rings. The van der Waals surface area contributed by atoms with Gasteiger partial charge in [0.2, 0.25) is 10.0 Å². The highest BCUT2D eigenvalue weighted by atomic mass is 32.2. The van der Waals surface area contributed by atoms with Gasteiger partial charge in [-0.15, -0.1) is 0 Å². The van der Waals surface area contributed by atoms with Gasteiger partial charge in [0.25, 0.3) is 0 Å². The van der Waals surface area contributed by atoms with E-state index in [-0.39, 0.29) is 12.1 Å². The number of carboxylic acids is 1. The number of hydrogen-bond acceptors (Lipinski definition) is 3. The average Bonchev–Trinajstić information content (AvgIpc) is 2.35. The van der Waals surface area contributed by atoms with E-state index in [0.717, 1.165) is 22.5 Å². The van der Waals surface area contributed by atoms with Crippen molar-refractivity contribution in [3.05, 3.63) is 29.6 Å². The fourth-order valence-corrected chi connectivity index (χ4v) is 2.83. The van der Waals surface area contributed by atoms with Gasteiger partial charge in [0, 0.05) is 13.6 Å². The zero-order valence-electron chi connectivity index (χ0n) is 11.6. The molecule has 112 valence electrons. The van der Waals surface area contributed by atoms with Crippen LogP contribution in [0.4, 0.5) is 4.39 Å². The minimum absolute atomic E-state index is 0.247. The Bertz CT molecular complexity index is 598. The molecule has 1 aromatic carbocycles. The van der Waals surface area contributed by atoms with Crippen molar-refractivity contribution >= 4 is 16.0 Å². The molecule has 1 aromatic rings. The number of rotatable bonds is 6. The molecular formula is C13H18FNO4S. The van der Waals surface area contributed by atoms with Gasteiger partial charge in [0.15, 0.2) is 0 Å². The van der Waals surface area contributed by atoms with E-state index in [2.05, 4.69) is 0 Å². The molecule has 0 saturated carbocycles. The van der Waals surface area contributed by atoms with Crippen molar-refractivity contribution in [1.82, 2.24) is 4.31 Å². The van der Waals surface area contributed by atoms with Gasteiger partial charge in [-0.05, 0) is 30.5 Å². The van der Waals surface area contributed by atoms with Crippen LogP contribution < -0.4 is 0 Å². The molecule has 0 amide bonds. The quantitative estimate of drug-likeness (QED) is 0.874. The van der Waals surface area contributed by atoms with E-state index >= 15 is 0 Å². The topological polar surface area (TPSA) is 74.7 Å². The lowest BCUT2D eigenvalue weighted by molar-refractivity contribution is 0.0696. The molecule has 0 heterocycles. The molecule has 5 nitrogen and oxygen atoms in total. The first-order valence-electron chi connectivity index (χ1n) is 6.15. The summed E-state index contributed by atoms with van der Waals surface area (Å²) in [6.07, 6.45) is 0.635. The van der Waals surface area contributed by atoms with Crippen molar-refractivity contribution in [2.24, 2.45) is 5.92 Å². The maximum atomic E-state index is 13.7. The molecule has 0 bridgehead atoms. The van der Waals surface area contributed by atoms with Crippen LogP contribution in [0.1, 0.15) is 30.6 Å². The minimum Gasteiger partial charge on any atom is -0.478 e. The maximum absolute atomic E-state index is 13.7. The number of aromatic carboxylic acids is 1. The highest BCUT2D eigenvalue weighted by Crippen LogP contribution is 2.20. The van der Waals surface area contributed by atoms with E-state index in [1.807, 2.05) is 13.8 Å². The van der Waals surface area contributed by atoms with Crippen molar-refractivity contribution in [3.63, 3.8) is 0 Å². The first kappa shape index (κ1) is 16.6. The Balaban J connectivity index is 3.14. The van der Waals surface area contributed by atoms with Crippen LogP contribution >= 0.6 is 0 Å². The number of halogens is 1. The summed E-state index contributed by atoms with van der Waals surface area (Å²) in [5.41, 5.74) is -0.262. The molecule has 0 aliphatic heterocycles. The molecule has 0 aliphatic carbocycles. The maximum Gasteiger partial charge on any atom is 0.335 e. The normalized spacial score (nSPS) is 12.1. The summed E-state index contributed by atoms with van der Waals surface area (Å²) in [6.45, 7) is 4.15. The number of sulfonamides is 1. The number of benzene rings is 1.